The largest absolute Gasteiger partial charge is 0.352 e. The first kappa shape index (κ1) is 12.3. The number of imidazole rings is 1. The van der Waals surface area contributed by atoms with Gasteiger partial charge in [0.25, 0.3) is 0 Å². The molecule has 1 unspecified atom stereocenters. The van der Waals surface area contributed by atoms with Crippen LogP contribution in [0, 0.1) is 10.6 Å². The van der Waals surface area contributed by atoms with Crippen LogP contribution in [0.25, 0.3) is 11.0 Å². The standard InChI is InChI=1S/C13H14FN3OS/c1-7(12(18)15-8-5-6-8)17-10-4-2-3-9(14)11(10)16-13(17)19/h2-4,7-8H,5-6H2,1H3,(H,15,18)(H,16,19). The number of amides is 1. The van der Waals surface area contributed by atoms with Crippen molar-refractivity contribution in [3.8, 4) is 0 Å². The number of hydrogen-bond donors (Lipinski definition) is 2. The molecule has 1 heterocycles. The number of H-pyrrole nitrogens is 1. The molecule has 1 atom stereocenters. The summed E-state index contributed by atoms with van der Waals surface area (Å²) < 4.78 is 15.7. The van der Waals surface area contributed by atoms with Gasteiger partial charge in [-0.15, -0.1) is 0 Å². The van der Waals surface area contributed by atoms with Gasteiger partial charge < -0.3 is 14.9 Å². The summed E-state index contributed by atoms with van der Waals surface area (Å²) in [6.45, 7) is 1.77. The highest BCUT2D eigenvalue weighted by atomic mass is 32.1. The highest BCUT2D eigenvalue weighted by molar-refractivity contribution is 7.71. The molecule has 0 bridgehead atoms. The van der Waals surface area contributed by atoms with E-state index in [2.05, 4.69) is 10.3 Å². The second kappa shape index (κ2) is 4.45. The maximum absolute atomic E-state index is 13.7. The molecule has 2 aromatic rings. The smallest absolute Gasteiger partial charge is 0.243 e. The Balaban J connectivity index is 2.03. The van der Waals surface area contributed by atoms with Crippen LogP contribution in [0.5, 0.6) is 0 Å². The number of nitrogens with one attached hydrogen (secondary N) is 2. The summed E-state index contributed by atoms with van der Waals surface area (Å²) in [6.07, 6.45) is 2.07. The minimum Gasteiger partial charge on any atom is -0.352 e. The van der Waals surface area contributed by atoms with E-state index in [0.717, 1.165) is 12.8 Å². The number of carbonyl (C=O) groups is 1. The molecular formula is C13H14FN3OS. The Hall–Kier alpha value is -1.69. The van der Waals surface area contributed by atoms with Crippen LogP contribution in [-0.4, -0.2) is 21.5 Å². The highest BCUT2D eigenvalue weighted by Crippen LogP contribution is 2.23. The number of benzene rings is 1. The van der Waals surface area contributed by atoms with Crippen LogP contribution in [0.2, 0.25) is 0 Å². The van der Waals surface area contributed by atoms with E-state index in [9.17, 15) is 9.18 Å². The van der Waals surface area contributed by atoms with Gasteiger partial charge in [0.15, 0.2) is 4.77 Å². The molecule has 1 aliphatic carbocycles. The van der Waals surface area contributed by atoms with Crippen LogP contribution in [-0.2, 0) is 4.79 Å². The van der Waals surface area contributed by atoms with Gasteiger partial charge in [-0.2, -0.15) is 0 Å². The Labute approximate surface area is 114 Å². The van der Waals surface area contributed by atoms with Crippen LogP contribution in [0.3, 0.4) is 0 Å². The fraction of sp³-hybridized carbons (Fsp3) is 0.385. The number of aromatic amines is 1. The summed E-state index contributed by atoms with van der Waals surface area (Å²) in [7, 11) is 0. The zero-order valence-electron chi connectivity index (χ0n) is 10.4. The number of aromatic nitrogens is 2. The van der Waals surface area contributed by atoms with Crippen molar-refractivity contribution in [3.63, 3.8) is 0 Å². The first-order valence-corrected chi connectivity index (χ1v) is 6.68. The van der Waals surface area contributed by atoms with Gasteiger partial charge in [0.05, 0.1) is 5.52 Å². The second-order valence-corrected chi connectivity index (χ2v) is 5.28. The molecule has 0 spiro atoms. The van der Waals surface area contributed by atoms with E-state index in [0.29, 0.717) is 21.8 Å². The SMILES string of the molecule is CC(C(=O)NC1CC1)n1c(=S)[nH]c2c(F)cccc21. The second-order valence-electron chi connectivity index (χ2n) is 4.89. The summed E-state index contributed by atoms with van der Waals surface area (Å²) >= 11 is 5.20. The lowest BCUT2D eigenvalue weighted by Gasteiger charge is -2.14. The molecule has 2 N–H and O–H groups in total. The van der Waals surface area contributed by atoms with Crippen molar-refractivity contribution >= 4 is 29.2 Å². The third-order valence-corrected chi connectivity index (χ3v) is 3.69. The van der Waals surface area contributed by atoms with E-state index in [1.807, 2.05) is 0 Å². The first-order valence-electron chi connectivity index (χ1n) is 6.27. The topological polar surface area (TPSA) is 49.8 Å². The number of rotatable bonds is 3. The molecule has 0 saturated heterocycles. The van der Waals surface area contributed by atoms with Crippen molar-refractivity contribution in [1.82, 2.24) is 14.9 Å². The fourth-order valence-corrected chi connectivity index (χ4v) is 2.52. The average Bonchev–Trinajstić information content (AvgIpc) is 3.10. The molecule has 0 radical (unpaired) electrons. The highest BCUT2D eigenvalue weighted by Gasteiger charge is 2.27. The zero-order valence-corrected chi connectivity index (χ0v) is 11.3. The first-order chi connectivity index (χ1) is 9.08. The molecule has 1 aromatic heterocycles. The monoisotopic (exact) mass is 279 g/mol. The van der Waals surface area contributed by atoms with Crippen molar-refractivity contribution in [2.24, 2.45) is 0 Å². The Bertz CT molecular complexity index is 701. The summed E-state index contributed by atoms with van der Waals surface area (Å²) in [5.74, 6) is -0.444. The molecule has 1 aliphatic rings. The van der Waals surface area contributed by atoms with E-state index < -0.39 is 6.04 Å². The molecule has 1 aromatic carbocycles. The number of fused-ring (bicyclic) bond motifs is 1. The summed E-state index contributed by atoms with van der Waals surface area (Å²) in [6, 6.07) is 4.58. The zero-order chi connectivity index (χ0) is 13.6. The van der Waals surface area contributed by atoms with Crippen LogP contribution in [0.15, 0.2) is 18.2 Å². The summed E-state index contributed by atoms with van der Waals surface area (Å²) in [5, 5.41) is 2.93. The van der Waals surface area contributed by atoms with E-state index in [-0.39, 0.29) is 11.7 Å². The Kier molecular flexibility index (Phi) is 2.89. The van der Waals surface area contributed by atoms with E-state index in [1.165, 1.54) is 6.07 Å². The fourth-order valence-electron chi connectivity index (χ4n) is 2.17. The Morgan fingerprint density at radius 1 is 1.58 bits per heavy atom. The molecule has 19 heavy (non-hydrogen) atoms. The summed E-state index contributed by atoms with van der Waals surface area (Å²) in [5.41, 5.74) is 0.960. The Morgan fingerprint density at radius 2 is 2.32 bits per heavy atom. The van der Waals surface area contributed by atoms with Crippen molar-refractivity contribution in [2.75, 3.05) is 0 Å². The van der Waals surface area contributed by atoms with Crippen LogP contribution in [0.4, 0.5) is 4.39 Å². The van der Waals surface area contributed by atoms with Crippen LogP contribution >= 0.6 is 12.2 Å². The predicted molar refractivity (Wildman–Crippen MR) is 73.0 cm³/mol. The molecular weight excluding hydrogens is 265 g/mol. The normalized spacial score (nSPS) is 16.5. The van der Waals surface area contributed by atoms with Crippen LogP contribution < -0.4 is 5.32 Å². The van der Waals surface area contributed by atoms with Gasteiger partial charge in [0.2, 0.25) is 5.91 Å². The van der Waals surface area contributed by atoms with E-state index in [1.54, 1.807) is 23.6 Å². The van der Waals surface area contributed by atoms with Gasteiger partial charge in [0.1, 0.15) is 17.4 Å². The number of para-hydroxylation sites is 1. The lowest BCUT2D eigenvalue weighted by Crippen LogP contribution is -2.32. The number of nitrogens with zero attached hydrogens (tertiary/aromatic N) is 1. The van der Waals surface area contributed by atoms with Gasteiger partial charge >= 0.3 is 0 Å². The molecule has 1 saturated carbocycles. The molecule has 6 heteroatoms. The van der Waals surface area contributed by atoms with Gasteiger partial charge in [-0.1, -0.05) is 6.07 Å². The van der Waals surface area contributed by atoms with Gasteiger partial charge in [-0.25, -0.2) is 4.39 Å². The molecule has 1 amide bonds. The maximum Gasteiger partial charge on any atom is 0.243 e. The minimum absolute atomic E-state index is 0.0799. The molecule has 1 fully saturated rings. The molecule has 4 nitrogen and oxygen atoms in total. The third kappa shape index (κ3) is 2.16. The lowest BCUT2D eigenvalue weighted by atomic mass is 10.2. The van der Waals surface area contributed by atoms with Crippen molar-refractivity contribution < 1.29 is 9.18 Å². The number of hydrogen-bond acceptors (Lipinski definition) is 2. The molecule has 0 aliphatic heterocycles. The molecule has 3 rings (SSSR count). The average molecular weight is 279 g/mol. The van der Waals surface area contributed by atoms with Crippen molar-refractivity contribution in [2.45, 2.75) is 31.8 Å². The van der Waals surface area contributed by atoms with Gasteiger partial charge in [-0.05, 0) is 44.1 Å². The van der Waals surface area contributed by atoms with Gasteiger partial charge in [-0.3, -0.25) is 4.79 Å². The van der Waals surface area contributed by atoms with E-state index >= 15 is 0 Å². The quantitative estimate of drug-likeness (QED) is 0.849. The summed E-state index contributed by atoms with van der Waals surface area (Å²) in [4.78, 5) is 14.9. The maximum atomic E-state index is 13.7. The number of halogens is 1. The number of carbonyl (C=O) groups excluding carboxylic acids is 1. The third-order valence-electron chi connectivity index (χ3n) is 3.39. The minimum atomic E-state index is -0.455. The predicted octanol–water partition coefficient (Wildman–Crippen LogP) is 2.68. The van der Waals surface area contributed by atoms with E-state index in [4.69, 9.17) is 12.2 Å². The Morgan fingerprint density at radius 3 is 3.00 bits per heavy atom. The van der Waals surface area contributed by atoms with Crippen LogP contribution in [0.1, 0.15) is 25.8 Å². The van der Waals surface area contributed by atoms with Crippen molar-refractivity contribution in [3.05, 3.63) is 28.8 Å². The lowest BCUT2D eigenvalue weighted by molar-refractivity contribution is -0.123. The van der Waals surface area contributed by atoms with Gasteiger partial charge in [0, 0.05) is 6.04 Å². The van der Waals surface area contributed by atoms with Crippen molar-refractivity contribution in [1.29, 1.82) is 0 Å². The molecule has 100 valence electrons.